The number of carbonyl (C=O) groups is 2. The molecule has 1 amide bonds. The van der Waals surface area contributed by atoms with E-state index in [1.54, 1.807) is 13.8 Å². The van der Waals surface area contributed by atoms with E-state index in [-0.39, 0.29) is 52.5 Å². The predicted octanol–water partition coefficient (Wildman–Crippen LogP) is 5.21. The normalized spacial score (nSPS) is 12.2. The van der Waals surface area contributed by atoms with Crippen LogP contribution < -0.4 is 5.32 Å². The lowest BCUT2D eigenvalue weighted by molar-refractivity contribution is -0.360. The van der Waals surface area contributed by atoms with Crippen molar-refractivity contribution in [3.05, 3.63) is 87.1 Å². The highest BCUT2D eigenvalue weighted by Crippen LogP contribution is 2.51. The maximum Gasteiger partial charge on any atom is 0.460 e. The minimum absolute atomic E-state index is 0.0371. The van der Waals surface area contributed by atoms with Crippen molar-refractivity contribution in [2.45, 2.75) is 44.8 Å². The van der Waals surface area contributed by atoms with E-state index in [2.05, 4.69) is 25.7 Å². The van der Waals surface area contributed by atoms with Crippen LogP contribution in [0.5, 0.6) is 0 Å². The molecule has 3 heterocycles. The molecular formula is C27H20ClF7N8O2. The first-order valence-electron chi connectivity index (χ1n) is 12.8. The number of nitrogens with one attached hydrogen (secondary N) is 1. The van der Waals surface area contributed by atoms with Crippen molar-refractivity contribution < 1.29 is 40.3 Å². The van der Waals surface area contributed by atoms with Gasteiger partial charge in [-0.3, -0.25) is 9.59 Å². The fourth-order valence-corrected chi connectivity index (χ4v) is 4.45. The molecule has 18 heteroatoms. The number of carbonyl (C=O) groups excluding carboxylic acids is 2. The number of ketones is 1. The largest absolute Gasteiger partial charge is 0.460 e. The lowest BCUT2D eigenvalue weighted by Gasteiger charge is -2.26. The van der Waals surface area contributed by atoms with E-state index in [9.17, 15) is 45.6 Å². The average molecular weight is 657 g/mol. The van der Waals surface area contributed by atoms with Gasteiger partial charge in [0.25, 0.3) is 5.91 Å². The molecule has 3 aromatic heterocycles. The second kappa shape index (κ2) is 12.3. The molecule has 45 heavy (non-hydrogen) atoms. The molecule has 0 saturated heterocycles. The van der Waals surface area contributed by atoms with Crippen LogP contribution in [0.3, 0.4) is 0 Å². The van der Waals surface area contributed by atoms with Crippen molar-refractivity contribution in [3.63, 3.8) is 0 Å². The quantitative estimate of drug-likeness (QED) is 0.183. The highest BCUT2D eigenvalue weighted by Gasteiger charge is 2.74. The monoisotopic (exact) mass is 656 g/mol. The molecule has 4 rings (SSSR count). The zero-order valence-corrected chi connectivity index (χ0v) is 23.9. The Kier molecular flexibility index (Phi) is 9.01. The van der Waals surface area contributed by atoms with Gasteiger partial charge in [-0.25, -0.2) is 14.3 Å². The zero-order chi connectivity index (χ0) is 33.3. The van der Waals surface area contributed by atoms with Gasteiger partial charge in [-0.05, 0) is 55.3 Å². The Bertz CT molecular complexity index is 1810. The van der Waals surface area contributed by atoms with Crippen LogP contribution in [-0.2, 0) is 18.9 Å². The number of hydrogen-bond donors (Lipinski definition) is 1. The van der Waals surface area contributed by atoms with E-state index >= 15 is 0 Å². The standard InChI is InChI=1S/C27H20ClF7N8O2/c1-3-37-24(45)18-8-15(11-36)7-14(2)17(18)10-21(44)20-9-16(40-43(20)23-19(28)5-4-6-38-23)12-42-13-22(39-41-42)25(29,30)26(31,32)27(33,34)35/h4-9,13H,3,10,12H2,1-2H3,(H,37,45). The molecule has 0 spiro atoms. The van der Waals surface area contributed by atoms with Crippen molar-refractivity contribution in [2.24, 2.45) is 0 Å². The minimum Gasteiger partial charge on any atom is -0.352 e. The number of aryl methyl sites for hydroxylation is 1. The van der Waals surface area contributed by atoms with Crippen LogP contribution in [0.25, 0.3) is 5.82 Å². The third-order valence-corrected chi connectivity index (χ3v) is 6.74. The Morgan fingerprint density at radius 3 is 2.44 bits per heavy atom. The number of amides is 1. The Morgan fingerprint density at radius 1 is 1.11 bits per heavy atom. The van der Waals surface area contributed by atoms with Gasteiger partial charge < -0.3 is 5.32 Å². The van der Waals surface area contributed by atoms with Crippen LogP contribution in [0.4, 0.5) is 30.7 Å². The first-order valence-corrected chi connectivity index (χ1v) is 13.2. The number of nitrogens with zero attached hydrogens (tertiary/aromatic N) is 7. The maximum absolute atomic E-state index is 14.1. The van der Waals surface area contributed by atoms with E-state index in [4.69, 9.17) is 11.6 Å². The highest BCUT2D eigenvalue weighted by atomic mass is 35.5. The smallest absolute Gasteiger partial charge is 0.352 e. The number of pyridine rings is 1. The predicted molar refractivity (Wildman–Crippen MR) is 142 cm³/mol. The second-order valence-electron chi connectivity index (χ2n) is 9.58. The van der Waals surface area contributed by atoms with E-state index < -0.39 is 42.0 Å². The third kappa shape index (κ3) is 6.36. The molecule has 0 atom stereocenters. The number of aromatic nitrogens is 6. The number of nitriles is 1. The van der Waals surface area contributed by atoms with E-state index in [1.165, 1.54) is 36.5 Å². The summed E-state index contributed by atoms with van der Waals surface area (Å²) in [5.41, 5.74) is -1.19. The number of hydrogen-bond acceptors (Lipinski definition) is 7. The number of Topliss-reactive ketones (excluding diaryl/α,β-unsaturated/α-hetero) is 1. The molecule has 0 bridgehead atoms. The minimum atomic E-state index is -6.57. The second-order valence-corrected chi connectivity index (χ2v) is 9.99. The molecule has 0 aliphatic rings. The van der Waals surface area contributed by atoms with Crippen LogP contribution >= 0.6 is 11.6 Å². The summed E-state index contributed by atoms with van der Waals surface area (Å²) in [7, 11) is 0. The average Bonchev–Trinajstić information content (AvgIpc) is 3.61. The number of halogens is 8. The topological polar surface area (TPSA) is 131 Å². The van der Waals surface area contributed by atoms with Gasteiger partial charge in [-0.1, -0.05) is 16.8 Å². The molecule has 4 aromatic rings. The first kappa shape index (κ1) is 33.1. The summed E-state index contributed by atoms with van der Waals surface area (Å²) in [5.74, 6) is -13.4. The number of benzene rings is 1. The van der Waals surface area contributed by atoms with Gasteiger partial charge in [0.2, 0.25) is 0 Å². The van der Waals surface area contributed by atoms with Crippen molar-refractivity contribution >= 4 is 23.3 Å². The van der Waals surface area contributed by atoms with Crippen molar-refractivity contribution in [1.29, 1.82) is 5.26 Å². The highest BCUT2D eigenvalue weighted by molar-refractivity contribution is 6.32. The Balaban J connectivity index is 1.74. The first-order chi connectivity index (χ1) is 21.0. The van der Waals surface area contributed by atoms with Crippen molar-refractivity contribution in [3.8, 4) is 11.9 Å². The van der Waals surface area contributed by atoms with Gasteiger partial charge in [0.05, 0.1) is 35.1 Å². The molecule has 0 saturated carbocycles. The van der Waals surface area contributed by atoms with Gasteiger partial charge >= 0.3 is 18.0 Å². The maximum atomic E-state index is 14.1. The summed E-state index contributed by atoms with van der Waals surface area (Å²) in [6, 6.07) is 8.88. The fourth-order valence-electron chi connectivity index (χ4n) is 4.25. The number of rotatable bonds is 10. The third-order valence-electron chi connectivity index (χ3n) is 6.44. The van der Waals surface area contributed by atoms with Crippen LogP contribution in [0, 0.1) is 18.3 Å². The van der Waals surface area contributed by atoms with E-state index in [1.807, 2.05) is 6.07 Å². The summed E-state index contributed by atoms with van der Waals surface area (Å²) in [6.07, 6.45) is -5.42. The van der Waals surface area contributed by atoms with Crippen LogP contribution in [-0.4, -0.2) is 60.1 Å². The van der Waals surface area contributed by atoms with Gasteiger partial charge in [0, 0.05) is 24.7 Å². The zero-order valence-electron chi connectivity index (χ0n) is 23.1. The molecule has 0 fully saturated rings. The van der Waals surface area contributed by atoms with Crippen molar-refractivity contribution in [1.82, 2.24) is 35.1 Å². The van der Waals surface area contributed by atoms with Gasteiger partial charge in [-0.15, -0.1) is 5.10 Å². The van der Waals surface area contributed by atoms with E-state index in [0.29, 0.717) is 15.8 Å². The molecule has 236 valence electrons. The molecule has 10 nitrogen and oxygen atoms in total. The summed E-state index contributed by atoms with van der Waals surface area (Å²) in [5, 5.41) is 22.3. The molecule has 0 aliphatic carbocycles. The molecule has 1 N–H and O–H groups in total. The van der Waals surface area contributed by atoms with Crippen molar-refractivity contribution in [2.75, 3.05) is 6.54 Å². The summed E-state index contributed by atoms with van der Waals surface area (Å²) in [4.78, 5) is 30.6. The molecule has 0 radical (unpaired) electrons. The summed E-state index contributed by atoms with van der Waals surface area (Å²) >= 11 is 6.27. The lowest BCUT2D eigenvalue weighted by atomic mass is 9.93. The van der Waals surface area contributed by atoms with Gasteiger partial charge in [0.15, 0.2) is 17.3 Å². The number of alkyl halides is 7. The summed E-state index contributed by atoms with van der Waals surface area (Å²) in [6.45, 7) is 2.95. The molecule has 0 unspecified atom stereocenters. The van der Waals surface area contributed by atoms with Gasteiger partial charge in [-0.2, -0.15) is 41.1 Å². The SMILES string of the molecule is CCNC(=O)c1cc(C#N)cc(C)c1CC(=O)c1cc(Cn2cc(C(F)(F)C(F)(F)C(F)(F)F)nn2)nn1-c1ncccc1Cl. The molecular weight excluding hydrogens is 637 g/mol. The van der Waals surface area contributed by atoms with Crippen LogP contribution in [0.2, 0.25) is 5.02 Å². The van der Waals surface area contributed by atoms with Gasteiger partial charge in [0.1, 0.15) is 5.69 Å². The molecule has 0 aliphatic heterocycles. The summed E-state index contributed by atoms with van der Waals surface area (Å²) < 4.78 is 94.7. The van der Waals surface area contributed by atoms with E-state index in [0.717, 1.165) is 4.68 Å². The lowest BCUT2D eigenvalue weighted by Crippen LogP contribution is -2.50. The van der Waals surface area contributed by atoms with Crippen LogP contribution in [0.1, 0.15) is 55.8 Å². The molecule has 1 aromatic carbocycles. The Morgan fingerprint density at radius 2 is 1.82 bits per heavy atom. The Hall–Kier alpha value is -4.85. The fraction of sp³-hybridized carbons (Fsp3) is 0.296. The van der Waals surface area contributed by atoms with Crippen LogP contribution in [0.15, 0.2) is 42.7 Å². The Labute approximate surface area is 254 Å².